The Morgan fingerprint density at radius 3 is 2.63 bits per heavy atom. The van der Waals surface area contributed by atoms with E-state index in [2.05, 4.69) is 20.6 Å². The highest BCUT2D eigenvalue weighted by molar-refractivity contribution is 7.13. The molecule has 8 heteroatoms. The van der Waals surface area contributed by atoms with Crippen molar-refractivity contribution in [2.45, 2.75) is 0 Å². The zero-order valence-corrected chi connectivity index (χ0v) is 17.1. The first-order valence-electron chi connectivity index (χ1n) is 9.12. The molecule has 0 fully saturated rings. The first-order chi connectivity index (χ1) is 14.6. The van der Waals surface area contributed by atoms with Gasteiger partial charge in [-0.1, -0.05) is 18.2 Å². The number of methoxy groups -OCH3 is 1. The molecule has 4 rings (SSSR count). The molecule has 7 nitrogen and oxygen atoms in total. The number of benzene rings is 2. The van der Waals surface area contributed by atoms with E-state index in [9.17, 15) is 9.59 Å². The summed E-state index contributed by atoms with van der Waals surface area (Å²) < 4.78 is 4.74. The smallest absolute Gasteiger partial charge is 0.357 e. The van der Waals surface area contributed by atoms with Crippen molar-refractivity contribution >= 4 is 45.5 Å². The molecule has 0 bridgehead atoms. The van der Waals surface area contributed by atoms with Crippen LogP contribution in [0.15, 0.2) is 60.1 Å². The lowest BCUT2D eigenvalue weighted by molar-refractivity contribution is 0.0595. The van der Waals surface area contributed by atoms with Crippen LogP contribution in [-0.2, 0) is 4.74 Å². The minimum Gasteiger partial charge on any atom is -0.464 e. The number of ether oxygens (including phenoxy) is 1. The maximum Gasteiger partial charge on any atom is 0.357 e. The van der Waals surface area contributed by atoms with E-state index in [1.165, 1.54) is 18.4 Å². The maximum absolute atomic E-state index is 12.5. The largest absolute Gasteiger partial charge is 0.464 e. The molecule has 0 saturated heterocycles. The van der Waals surface area contributed by atoms with E-state index < -0.39 is 5.97 Å². The van der Waals surface area contributed by atoms with Gasteiger partial charge in [0.05, 0.1) is 23.9 Å². The van der Waals surface area contributed by atoms with E-state index in [0.717, 1.165) is 22.2 Å². The predicted molar refractivity (Wildman–Crippen MR) is 117 cm³/mol. The van der Waals surface area contributed by atoms with Crippen molar-refractivity contribution in [3.05, 3.63) is 71.4 Å². The van der Waals surface area contributed by atoms with Crippen molar-refractivity contribution in [1.82, 2.24) is 15.3 Å². The van der Waals surface area contributed by atoms with Crippen LogP contribution in [0.5, 0.6) is 0 Å². The Labute approximate surface area is 176 Å². The summed E-state index contributed by atoms with van der Waals surface area (Å²) in [6, 6.07) is 15.3. The lowest BCUT2D eigenvalue weighted by atomic mass is 10.1. The van der Waals surface area contributed by atoms with Gasteiger partial charge in [0.1, 0.15) is 5.01 Å². The van der Waals surface area contributed by atoms with Gasteiger partial charge in [0.2, 0.25) is 0 Å². The highest BCUT2D eigenvalue weighted by atomic mass is 32.1. The van der Waals surface area contributed by atoms with Crippen molar-refractivity contribution in [2.75, 3.05) is 19.5 Å². The second-order valence-electron chi connectivity index (χ2n) is 6.38. The molecular formula is C22H18N4O3S. The Kier molecular flexibility index (Phi) is 5.40. The molecule has 4 aromatic rings. The highest BCUT2D eigenvalue weighted by Gasteiger charge is 2.17. The van der Waals surface area contributed by atoms with Crippen LogP contribution in [0.1, 0.15) is 20.8 Å². The summed E-state index contributed by atoms with van der Waals surface area (Å²) in [5.41, 5.74) is 3.74. The van der Waals surface area contributed by atoms with Gasteiger partial charge in [0, 0.05) is 35.3 Å². The fraction of sp³-hybridized carbons (Fsp3) is 0.0909. The number of esters is 1. The molecule has 2 aromatic heterocycles. The van der Waals surface area contributed by atoms with Gasteiger partial charge in [0.15, 0.2) is 5.69 Å². The van der Waals surface area contributed by atoms with Crippen LogP contribution in [0.3, 0.4) is 0 Å². The lowest BCUT2D eigenvalue weighted by Crippen LogP contribution is -2.19. The standard InChI is InChI=1S/C22H18N4O3S/c1-23-20(27)16-11-24-17-9-8-13(21-26-18(12-30-21)22(28)29-2)10-15(17)19(16)25-14-6-4-3-5-7-14/h3-12H,1-2H3,(H,23,27)(H,24,25). The van der Waals surface area contributed by atoms with E-state index in [-0.39, 0.29) is 11.6 Å². The monoisotopic (exact) mass is 418 g/mol. The van der Waals surface area contributed by atoms with Gasteiger partial charge in [0.25, 0.3) is 5.91 Å². The molecule has 30 heavy (non-hydrogen) atoms. The van der Waals surface area contributed by atoms with Gasteiger partial charge in [-0.3, -0.25) is 9.78 Å². The number of pyridine rings is 1. The fourth-order valence-corrected chi connectivity index (χ4v) is 3.82. The number of nitrogens with zero attached hydrogens (tertiary/aromatic N) is 2. The average Bonchev–Trinajstić information content (AvgIpc) is 3.29. The quantitative estimate of drug-likeness (QED) is 0.471. The number of amides is 1. The molecule has 0 radical (unpaired) electrons. The lowest BCUT2D eigenvalue weighted by Gasteiger charge is -2.14. The Morgan fingerprint density at radius 2 is 1.90 bits per heavy atom. The molecule has 1 amide bonds. The number of para-hydroxylation sites is 1. The molecule has 2 heterocycles. The Hall–Kier alpha value is -3.78. The van der Waals surface area contributed by atoms with Gasteiger partial charge in [-0.15, -0.1) is 11.3 Å². The molecule has 0 unspecified atom stereocenters. The van der Waals surface area contributed by atoms with Crippen LogP contribution in [0.2, 0.25) is 0 Å². The number of thiazole rings is 1. The molecular weight excluding hydrogens is 400 g/mol. The number of aromatic nitrogens is 2. The third-order valence-electron chi connectivity index (χ3n) is 4.53. The predicted octanol–water partition coefficient (Wildman–Crippen LogP) is 4.25. The fourth-order valence-electron chi connectivity index (χ4n) is 3.04. The van der Waals surface area contributed by atoms with Crippen molar-refractivity contribution in [3.63, 3.8) is 0 Å². The van der Waals surface area contributed by atoms with Gasteiger partial charge < -0.3 is 15.4 Å². The normalized spacial score (nSPS) is 10.6. The Bertz CT molecular complexity index is 1240. The van der Waals surface area contributed by atoms with E-state index in [0.29, 0.717) is 16.3 Å². The number of rotatable bonds is 5. The first-order valence-corrected chi connectivity index (χ1v) is 10.00. The molecule has 0 spiro atoms. The summed E-state index contributed by atoms with van der Waals surface area (Å²) in [6.45, 7) is 0. The highest BCUT2D eigenvalue weighted by Crippen LogP contribution is 2.33. The number of nitrogens with one attached hydrogen (secondary N) is 2. The molecule has 0 aliphatic rings. The third kappa shape index (κ3) is 3.72. The molecule has 2 N–H and O–H groups in total. The van der Waals surface area contributed by atoms with Crippen molar-refractivity contribution in [2.24, 2.45) is 0 Å². The van der Waals surface area contributed by atoms with Gasteiger partial charge in [-0.05, 0) is 30.3 Å². The van der Waals surface area contributed by atoms with Gasteiger partial charge >= 0.3 is 5.97 Å². The van der Waals surface area contributed by atoms with Crippen LogP contribution in [0.25, 0.3) is 21.5 Å². The van der Waals surface area contributed by atoms with Crippen molar-refractivity contribution in [3.8, 4) is 10.6 Å². The summed E-state index contributed by atoms with van der Waals surface area (Å²) in [5, 5.41) is 9.12. The van der Waals surface area contributed by atoms with Crippen LogP contribution in [-0.4, -0.2) is 36.0 Å². The summed E-state index contributed by atoms with van der Waals surface area (Å²) in [7, 11) is 2.91. The van der Waals surface area contributed by atoms with E-state index in [1.54, 1.807) is 18.6 Å². The van der Waals surface area contributed by atoms with E-state index >= 15 is 0 Å². The molecule has 0 saturated carbocycles. The molecule has 0 aliphatic heterocycles. The Balaban J connectivity index is 1.86. The third-order valence-corrected chi connectivity index (χ3v) is 5.42. The van der Waals surface area contributed by atoms with Crippen molar-refractivity contribution < 1.29 is 14.3 Å². The molecule has 0 atom stereocenters. The number of hydrogen-bond acceptors (Lipinski definition) is 7. The second kappa shape index (κ2) is 8.30. The van der Waals surface area contributed by atoms with E-state index in [4.69, 9.17) is 4.74 Å². The number of carbonyl (C=O) groups excluding carboxylic acids is 2. The minimum absolute atomic E-state index is 0.240. The molecule has 2 aromatic carbocycles. The summed E-state index contributed by atoms with van der Waals surface area (Å²) in [5.74, 6) is -0.719. The van der Waals surface area contributed by atoms with Crippen LogP contribution < -0.4 is 10.6 Å². The van der Waals surface area contributed by atoms with Crippen LogP contribution in [0, 0.1) is 0 Å². The number of carbonyl (C=O) groups is 2. The number of hydrogen-bond donors (Lipinski definition) is 2. The molecule has 150 valence electrons. The van der Waals surface area contributed by atoms with Gasteiger partial charge in [-0.25, -0.2) is 9.78 Å². The van der Waals surface area contributed by atoms with E-state index in [1.807, 2.05) is 48.5 Å². The van der Waals surface area contributed by atoms with Crippen molar-refractivity contribution in [1.29, 1.82) is 0 Å². The van der Waals surface area contributed by atoms with Gasteiger partial charge in [-0.2, -0.15) is 0 Å². The summed E-state index contributed by atoms with van der Waals surface area (Å²) in [6.07, 6.45) is 1.56. The zero-order chi connectivity index (χ0) is 21.1. The van der Waals surface area contributed by atoms with Crippen LogP contribution >= 0.6 is 11.3 Å². The topological polar surface area (TPSA) is 93.2 Å². The van der Waals surface area contributed by atoms with Crippen LogP contribution in [0.4, 0.5) is 11.4 Å². The second-order valence-corrected chi connectivity index (χ2v) is 7.24. The first kappa shape index (κ1) is 19.5. The molecule has 0 aliphatic carbocycles. The SMILES string of the molecule is CNC(=O)c1cnc2ccc(-c3nc(C(=O)OC)cs3)cc2c1Nc1ccccc1. The maximum atomic E-state index is 12.5. The number of anilines is 2. The summed E-state index contributed by atoms with van der Waals surface area (Å²) >= 11 is 1.35. The average molecular weight is 418 g/mol. The Morgan fingerprint density at radius 1 is 1.10 bits per heavy atom. The summed E-state index contributed by atoms with van der Waals surface area (Å²) in [4.78, 5) is 33.0. The minimum atomic E-state index is -0.478. The number of fused-ring (bicyclic) bond motifs is 1. The zero-order valence-electron chi connectivity index (χ0n) is 16.3.